The number of hydrogen-bond acceptors (Lipinski definition) is 4. The van der Waals surface area contributed by atoms with E-state index in [-0.39, 0.29) is 4.90 Å². The summed E-state index contributed by atoms with van der Waals surface area (Å²) in [5, 5.41) is 8.70. The average molecular weight is 290 g/mol. The lowest BCUT2D eigenvalue weighted by atomic mass is 10.2. The van der Waals surface area contributed by atoms with E-state index in [9.17, 15) is 8.42 Å². The van der Waals surface area contributed by atoms with Crippen molar-refractivity contribution in [3.8, 4) is 6.07 Å². The molecule has 1 N–H and O–H groups in total. The van der Waals surface area contributed by atoms with Crippen molar-refractivity contribution in [1.29, 1.82) is 5.26 Å². The number of aryl methyl sites for hydroxylation is 1. The number of nitriles is 1. The first-order valence-corrected chi connectivity index (χ1v) is 7.49. The van der Waals surface area contributed by atoms with Crippen LogP contribution in [0.2, 0.25) is 0 Å². The molecule has 6 heteroatoms. The quantitative estimate of drug-likeness (QED) is 0.937. The van der Waals surface area contributed by atoms with Crippen LogP contribution in [0, 0.1) is 18.3 Å². The van der Waals surface area contributed by atoms with Crippen molar-refractivity contribution in [3.63, 3.8) is 0 Å². The Bertz CT molecular complexity index is 739. The van der Waals surface area contributed by atoms with Crippen LogP contribution < -0.4 is 4.72 Å². The van der Waals surface area contributed by atoms with Gasteiger partial charge in [-0.2, -0.15) is 5.26 Å². The van der Waals surface area contributed by atoms with E-state index in [1.165, 1.54) is 24.3 Å². The molecule has 1 unspecified atom stereocenters. The highest BCUT2D eigenvalue weighted by Gasteiger charge is 2.20. The Labute approximate surface area is 117 Å². The van der Waals surface area contributed by atoms with Crippen LogP contribution in [-0.2, 0) is 10.0 Å². The lowest BCUT2D eigenvalue weighted by molar-refractivity contribution is 0.441. The minimum absolute atomic E-state index is 0.117. The van der Waals surface area contributed by atoms with Crippen molar-refractivity contribution >= 4 is 10.0 Å². The second kappa shape index (κ2) is 5.49. The summed E-state index contributed by atoms with van der Waals surface area (Å²) in [5.41, 5.74) is 0.415. The molecule has 5 nitrogen and oxygen atoms in total. The maximum Gasteiger partial charge on any atom is 0.241 e. The third kappa shape index (κ3) is 3.07. The molecule has 104 valence electrons. The van der Waals surface area contributed by atoms with Crippen molar-refractivity contribution in [2.75, 3.05) is 0 Å². The van der Waals surface area contributed by atoms with Gasteiger partial charge in [0.15, 0.2) is 0 Å². The second-order valence-corrected chi connectivity index (χ2v) is 6.14. The second-order valence-electron chi connectivity index (χ2n) is 4.43. The van der Waals surface area contributed by atoms with Gasteiger partial charge in [-0.1, -0.05) is 0 Å². The molecule has 20 heavy (non-hydrogen) atoms. The molecular formula is C14H14N2O3S. The van der Waals surface area contributed by atoms with E-state index in [1.54, 1.807) is 26.0 Å². The SMILES string of the molecule is Cc1ccc(C(C)NS(=O)(=O)c2ccc(C#N)cc2)o1. The Morgan fingerprint density at radius 3 is 2.35 bits per heavy atom. The van der Waals surface area contributed by atoms with Crippen LogP contribution in [0.15, 0.2) is 45.7 Å². The van der Waals surface area contributed by atoms with Crippen molar-refractivity contribution in [1.82, 2.24) is 4.72 Å². The molecular weight excluding hydrogens is 276 g/mol. The molecule has 1 atom stereocenters. The zero-order valence-electron chi connectivity index (χ0n) is 11.1. The van der Waals surface area contributed by atoms with Crippen LogP contribution in [0.25, 0.3) is 0 Å². The highest BCUT2D eigenvalue weighted by atomic mass is 32.2. The van der Waals surface area contributed by atoms with Gasteiger partial charge in [-0.25, -0.2) is 13.1 Å². The maximum absolute atomic E-state index is 12.2. The summed E-state index contributed by atoms with van der Waals surface area (Å²) in [6, 6.07) is 10.7. The summed E-state index contributed by atoms with van der Waals surface area (Å²) < 4.78 is 32.3. The monoisotopic (exact) mass is 290 g/mol. The normalized spacial score (nSPS) is 12.8. The third-order valence-corrected chi connectivity index (χ3v) is 4.37. The lowest BCUT2D eigenvalue weighted by Gasteiger charge is -2.12. The van der Waals surface area contributed by atoms with Gasteiger partial charge in [-0.15, -0.1) is 0 Å². The van der Waals surface area contributed by atoms with Crippen LogP contribution in [0.1, 0.15) is 30.0 Å². The van der Waals surface area contributed by atoms with E-state index < -0.39 is 16.1 Å². The summed E-state index contributed by atoms with van der Waals surface area (Å²) in [4.78, 5) is 0.117. The minimum Gasteiger partial charge on any atom is -0.465 e. The maximum atomic E-state index is 12.2. The molecule has 2 aromatic rings. The van der Waals surface area contributed by atoms with Gasteiger partial charge in [0, 0.05) is 0 Å². The minimum atomic E-state index is -3.64. The summed E-state index contributed by atoms with van der Waals surface area (Å²) in [7, 11) is -3.64. The predicted molar refractivity (Wildman–Crippen MR) is 73.3 cm³/mol. The highest BCUT2D eigenvalue weighted by Crippen LogP contribution is 2.19. The van der Waals surface area contributed by atoms with Crippen molar-refractivity contribution in [2.24, 2.45) is 0 Å². The lowest BCUT2D eigenvalue weighted by Crippen LogP contribution is -2.26. The van der Waals surface area contributed by atoms with Gasteiger partial charge in [0.1, 0.15) is 11.5 Å². The van der Waals surface area contributed by atoms with Gasteiger partial charge < -0.3 is 4.42 Å². The molecule has 0 bridgehead atoms. The first-order valence-electron chi connectivity index (χ1n) is 6.01. The number of rotatable bonds is 4. The fourth-order valence-corrected chi connectivity index (χ4v) is 2.97. The average Bonchev–Trinajstić information content (AvgIpc) is 2.85. The Morgan fingerprint density at radius 1 is 1.20 bits per heavy atom. The molecule has 2 rings (SSSR count). The van der Waals surface area contributed by atoms with Crippen molar-refractivity contribution in [2.45, 2.75) is 24.8 Å². The third-order valence-electron chi connectivity index (χ3n) is 2.81. The van der Waals surface area contributed by atoms with Crippen molar-refractivity contribution in [3.05, 3.63) is 53.5 Å². The molecule has 0 saturated carbocycles. The highest BCUT2D eigenvalue weighted by molar-refractivity contribution is 7.89. The molecule has 0 radical (unpaired) electrons. The fourth-order valence-electron chi connectivity index (χ4n) is 1.75. The molecule has 0 amide bonds. The van der Waals surface area contributed by atoms with Crippen LogP contribution in [0.5, 0.6) is 0 Å². The van der Waals surface area contributed by atoms with E-state index in [4.69, 9.17) is 9.68 Å². The Kier molecular flexibility index (Phi) is 3.93. The first kappa shape index (κ1) is 14.3. The number of nitrogens with one attached hydrogen (secondary N) is 1. The Hall–Kier alpha value is -2.10. The summed E-state index contributed by atoms with van der Waals surface area (Å²) in [6.07, 6.45) is 0. The molecule has 0 spiro atoms. The molecule has 1 aromatic carbocycles. The molecule has 1 heterocycles. The van der Waals surface area contributed by atoms with Crippen LogP contribution in [0.4, 0.5) is 0 Å². The molecule has 0 aliphatic carbocycles. The zero-order chi connectivity index (χ0) is 14.8. The largest absolute Gasteiger partial charge is 0.465 e. The van der Waals surface area contributed by atoms with Gasteiger partial charge in [-0.3, -0.25) is 0 Å². The topological polar surface area (TPSA) is 83.1 Å². The molecule has 0 saturated heterocycles. The van der Waals surface area contributed by atoms with E-state index in [2.05, 4.69) is 4.72 Å². The number of nitrogens with zero attached hydrogens (tertiary/aromatic N) is 1. The zero-order valence-corrected chi connectivity index (χ0v) is 11.9. The van der Waals surface area contributed by atoms with Gasteiger partial charge in [0.2, 0.25) is 10.0 Å². The van der Waals surface area contributed by atoms with Crippen molar-refractivity contribution < 1.29 is 12.8 Å². The number of furan rings is 1. The Morgan fingerprint density at radius 2 is 1.85 bits per heavy atom. The first-order chi connectivity index (χ1) is 9.42. The summed E-state index contributed by atoms with van der Waals surface area (Å²) in [6.45, 7) is 3.50. The van der Waals surface area contributed by atoms with E-state index >= 15 is 0 Å². The van der Waals surface area contributed by atoms with Gasteiger partial charge in [-0.05, 0) is 50.2 Å². The van der Waals surface area contributed by atoms with E-state index in [1.807, 2.05) is 6.07 Å². The molecule has 0 fully saturated rings. The van der Waals surface area contributed by atoms with E-state index in [0.717, 1.165) is 5.76 Å². The molecule has 0 aliphatic rings. The number of sulfonamides is 1. The van der Waals surface area contributed by atoms with Crippen LogP contribution in [-0.4, -0.2) is 8.42 Å². The predicted octanol–water partition coefficient (Wildman–Crippen LogP) is 2.50. The fraction of sp³-hybridized carbons (Fsp3) is 0.214. The van der Waals surface area contributed by atoms with Crippen LogP contribution >= 0.6 is 0 Å². The summed E-state index contributed by atoms with van der Waals surface area (Å²) in [5.74, 6) is 1.28. The van der Waals surface area contributed by atoms with Gasteiger partial charge in [0.25, 0.3) is 0 Å². The van der Waals surface area contributed by atoms with Crippen LogP contribution in [0.3, 0.4) is 0 Å². The number of hydrogen-bond donors (Lipinski definition) is 1. The summed E-state index contributed by atoms with van der Waals surface area (Å²) >= 11 is 0. The number of benzene rings is 1. The standard InChI is InChI=1S/C14H14N2O3S/c1-10-3-8-14(19-10)11(2)16-20(17,18)13-6-4-12(9-15)5-7-13/h3-8,11,16H,1-2H3. The molecule has 1 aromatic heterocycles. The molecule has 0 aliphatic heterocycles. The Balaban J connectivity index is 2.20. The van der Waals surface area contributed by atoms with Gasteiger partial charge in [0.05, 0.1) is 22.6 Å². The smallest absolute Gasteiger partial charge is 0.241 e. The van der Waals surface area contributed by atoms with Gasteiger partial charge >= 0.3 is 0 Å². The van der Waals surface area contributed by atoms with E-state index in [0.29, 0.717) is 11.3 Å².